The van der Waals surface area contributed by atoms with Crippen LogP contribution in [-0.2, 0) is 21.8 Å². The van der Waals surface area contributed by atoms with E-state index in [1.807, 2.05) is 0 Å². The molecule has 0 bridgehead atoms. The number of rotatable bonds is 5. The highest BCUT2D eigenvalue weighted by atomic mass is 32.2. The molecule has 0 saturated heterocycles. The van der Waals surface area contributed by atoms with E-state index in [1.54, 1.807) is 7.05 Å². The van der Waals surface area contributed by atoms with Gasteiger partial charge >= 0.3 is 0 Å². The molecule has 0 spiro atoms. The third kappa shape index (κ3) is 2.52. The summed E-state index contributed by atoms with van der Waals surface area (Å²) in [7, 11) is 1.03. The van der Waals surface area contributed by atoms with Crippen LogP contribution in [0, 0.1) is 0 Å². The Bertz CT molecular complexity index is 454. The zero-order valence-corrected chi connectivity index (χ0v) is 10.4. The van der Waals surface area contributed by atoms with E-state index in [1.165, 1.54) is 29.3 Å². The van der Waals surface area contributed by atoms with Crippen LogP contribution in [0.15, 0.2) is 11.1 Å². The molecule has 0 fully saturated rings. The van der Waals surface area contributed by atoms with E-state index in [0.717, 1.165) is 0 Å². The summed E-state index contributed by atoms with van der Waals surface area (Å²) < 4.78 is 31.4. The summed E-state index contributed by atoms with van der Waals surface area (Å²) in [6.45, 7) is 0.600. The number of hydrogen-bond acceptors (Lipinski definition) is 5. The van der Waals surface area contributed by atoms with Crippen molar-refractivity contribution in [3.8, 4) is 0 Å². The zero-order valence-electron chi connectivity index (χ0n) is 9.54. The van der Waals surface area contributed by atoms with Crippen molar-refractivity contribution in [3.05, 3.63) is 6.20 Å². The summed E-state index contributed by atoms with van der Waals surface area (Å²) in [5.74, 6) is 0.00627. The van der Waals surface area contributed by atoms with Gasteiger partial charge in [-0.2, -0.15) is 9.40 Å². The maximum Gasteiger partial charge on any atom is 0.248 e. The number of anilines is 1. The van der Waals surface area contributed by atoms with Gasteiger partial charge in [0.25, 0.3) is 0 Å². The first-order valence-electron chi connectivity index (χ1n) is 4.64. The Hall–Kier alpha value is -1.12. The Morgan fingerprint density at radius 1 is 1.62 bits per heavy atom. The van der Waals surface area contributed by atoms with E-state index in [-0.39, 0.29) is 17.3 Å². The average molecular weight is 248 g/mol. The molecule has 0 aliphatic carbocycles. The predicted octanol–water partition coefficient (Wildman–Crippen LogP) is -0.731. The van der Waals surface area contributed by atoms with E-state index in [2.05, 4.69) is 5.10 Å². The minimum atomic E-state index is -3.58. The number of methoxy groups -OCH3 is 1. The summed E-state index contributed by atoms with van der Waals surface area (Å²) in [5, 5.41) is 3.80. The van der Waals surface area contributed by atoms with E-state index in [0.29, 0.717) is 6.61 Å². The minimum absolute atomic E-state index is 0.00627. The number of nitrogens with two attached hydrogens (primary N) is 1. The van der Waals surface area contributed by atoms with Gasteiger partial charge in [-0.05, 0) is 0 Å². The van der Waals surface area contributed by atoms with Gasteiger partial charge in [-0.3, -0.25) is 4.68 Å². The lowest BCUT2D eigenvalue weighted by molar-refractivity contribution is 0.185. The van der Waals surface area contributed by atoms with Crippen molar-refractivity contribution >= 4 is 15.8 Å². The molecular formula is C8H16N4O3S. The number of ether oxygens (including phenoxy) is 1. The molecule has 1 aromatic rings. The van der Waals surface area contributed by atoms with Crippen molar-refractivity contribution in [2.24, 2.45) is 7.05 Å². The molecule has 1 heterocycles. The van der Waals surface area contributed by atoms with Crippen LogP contribution in [0.4, 0.5) is 5.82 Å². The van der Waals surface area contributed by atoms with Crippen molar-refractivity contribution in [3.63, 3.8) is 0 Å². The maximum atomic E-state index is 12.0. The molecule has 0 saturated carbocycles. The Morgan fingerprint density at radius 3 is 2.69 bits per heavy atom. The Morgan fingerprint density at radius 2 is 2.25 bits per heavy atom. The second kappa shape index (κ2) is 4.81. The summed E-state index contributed by atoms with van der Waals surface area (Å²) in [5.41, 5.74) is 5.52. The van der Waals surface area contributed by atoms with Gasteiger partial charge in [0.2, 0.25) is 10.0 Å². The SMILES string of the molecule is COCCN(C)S(=O)(=O)c1cn(C)nc1N. The number of likely N-dealkylation sites (N-methyl/N-ethyl adjacent to an activating group) is 1. The third-order valence-corrected chi connectivity index (χ3v) is 3.99. The van der Waals surface area contributed by atoms with Crippen LogP contribution in [0.3, 0.4) is 0 Å². The molecule has 0 aromatic carbocycles. The number of aryl methyl sites for hydroxylation is 1. The average Bonchev–Trinajstić information content (AvgIpc) is 2.54. The molecule has 0 radical (unpaired) electrons. The number of nitrogen functional groups attached to an aromatic ring is 1. The van der Waals surface area contributed by atoms with Gasteiger partial charge in [0.15, 0.2) is 5.82 Å². The molecular weight excluding hydrogens is 232 g/mol. The van der Waals surface area contributed by atoms with Crippen LogP contribution in [0.1, 0.15) is 0 Å². The molecule has 0 atom stereocenters. The van der Waals surface area contributed by atoms with E-state index < -0.39 is 10.0 Å². The number of sulfonamides is 1. The fraction of sp³-hybridized carbons (Fsp3) is 0.625. The van der Waals surface area contributed by atoms with Crippen LogP contribution in [0.25, 0.3) is 0 Å². The molecule has 1 aromatic heterocycles. The van der Waals surface area contributed by atoms with Crippen molar-refractivity contribution < 1.29 is 13.2 Å². The zero-order chi connectivity index (χ0) is 12.3. The molecule has 2 N–H and O–H groups in total. The summed E-state index contributed by atoms with van der Waals surface area (Å²) in [4.78, 5) is 0.0219. The summed E-state index contributed by atoms with van der Waals surface area (Å²) >= 11 is 0. The van der Waals surface area contributed by atoms with Crippen LogP contribution >= 0.6 is 0 Å². The van der Waals surface area contributed by atoms with Crippen LogP contribution in [0.5, 0.6) is 0 Å². The fourth-order valence-corrected chi connectivity index (χ4v) is 2.43. The topological polar surface area (TPSA) is 90.5 Å². The van der Waals surface area contributed by atoms with Crippen molar-refractivity contribution in [1.29, 1.82) is 0 Å². The second-order valence-corrected chi connectivity index (χ2v) is 5.38. The quantitative estimate of drug-likeness (QED) is 0.742. The summed E-state index contributed by atoms with van der Waals surface area (Å²) in [6, 6.07) is 0. The first-order valence-corrected chi connectivity index (χ1v) is 6.08. The van der Waals surface area contributed by atoms with Crippen LogP contribution in [-0.4, -0.2) is 49.8 Å². The molecule has 16 heavy (non-hydrogen) atoms. The third-order valence-electron chi connectivity index (χ3n) is 2.12. The molecule has 92 valence electrons. The first kappa shape index (κ1) is 12.9. The second-order valence-electron chi connectivity index (χ2n) is 3.37. The highest BCUT2D eigenvalue weighted by molar-refractivity contribution is 7.89. The van der Waals surface area contributed by atoms with E-state index in [9.17, 15) is 8.42 Å². The predicted molar refractivity (Wildman–Crippen MR) is 59.3 cm³/mol. The lowest BCUT2D eigenvalue weighted by Gasteiger charge is -2.15. The van der Waals surface area contributed by atoms with Gasteiger partial charge in [-0.1, -0.05) is 0 Å². The van der Waals surface area contributed by atoms with Crippen LogP contribution in [0.2, 0.25) is 0 Å². The monoisotopic (exact) mass is 248 g/mol. The molecule has 0 amide bonds. The molecule has 1 rings (SSSR count). The van der Waals surface area contributed by atoms with Gasteiger partial charge in [-0.15, -0.1) is 0 Å². The highest BCUT2D eigenvalue weighted by Gasteiger charge is 2.25. The molecule has 8 heteroatoms. The Labute approximate surface area is 94.8 Å². The van der Waals surface area contributed by atoms with Crippen molar-refractivity contribution in [2.45, 2.75) is 4.90 Å². The normalized spacial score (nSPS) is 12.2. The van der Waals surface area contributed by atoms with Crippen molar-refractivity contribution in [1.82, 2.24) is 14.1 Å². The van der Waals surface area contributed by atoms with E-state index >= 15 is 0 Å². The van der Waals surface area contributed by atoms with Gasteiger partial charge in [-0.25, -0.2) is 8.42 Å². The molecule has 0 aliphatic rings. The number of nitrogens with zero attached hydrogens (tertiary/aromatic N) is 3. The van der Waals surface area contributed by atoms with E-state index in [4.69, 9.17) is 10.5 Å². The summed E-state index contributed by atoms with van der Waals surface area (Å²) in [6.07, 6.45) is 1.38. The van der Waals surface area contributed by atoms with Gasteiger partial charge in [0, 0.05) is 33.9 Å². The fourth-order valence-electron chi connectivity index (χ4n) is 1.19. The lowest BCUT2D eigenvalue weighted by Crippen LogP contribution is -2.30. The van der Waals surface area contributed by atoms with Crippen molar-refractivity contribution in [2.75, 3.05) is 33.0 Å². The smallest absolute Gasteiger partial charge is 0.248 e. The maximum absolute atomic E-state index is 12.0. The molecule has 7 nitrogen and oxygen atoms in total. The highest BCUT2D eigenvalue weighted by Crippen LogP contribution is 2.19. The lowest BCUT2D eigenvalue weighted by atomic mass is 10.7. The van der Waals surface area contributed by atoms with Gasteiger partial charge in [0.05, 0.1) is 6.61 Å². The Kier molecular flexibility index (Phi) is 3.89. The molecule has 0 aliphatic heterocycles. The molecule has 0 unspecified atom stereocenters. The van der Waals surface area contributed by atoms with Crippen LogP contribution < -0.4 is 5.73 Å². The number of hydrogen-bond donors (Lipinski definition) is 1. The first-order chi connectivity index (χ1) is 7.39. The largest absolute Gasteiger partial charge is 0.383 e. The minimum Gasteiger partial charge on any atom is -0.383 e. The van der Waals surface area contributed by atoms with Gasteiger partial charge < -0.3 is 10.5 Å². The Balaban J connectivity index is 2.97. The van der Waals surface area contributed by atoms with Gasteiger partial charge in [0.1, 0.15) is 4.90 Å². The number of aromatic nitrogens is 2. The standard InChI is InChI=1S/C8H16N4O3S/c1-11-6-7(8(9)10-11)16(13,14)12(2)4-5-15-3/h6H,4-5H2,1-3H3,(H2,9,10).